The van der Waals surface area contributed by atoms with Crippen molar-refractivity contribution in [3.63, 3.8) is 0 Å². The monoisotopic (exact) mass is 240 g/mol. The number of nitriles is 1. The number of nitrogens with zero attached hydrogens (tertiary/aromatic N) is 2. The van der Waals surface area contributed by atoms with E-state index in [9.17, 15) is 0 Å². The van der Waals surface area contributed by atoms with Crippen molar-refractivity contribution in [2.45, 2.75) is 4.90 Å². The fourth-order valence-corrected chi connectivity index (χ4v) is 2.44. The largest absolute Gasteiger partial charge is 0.309 e. The van der Waals surface area contributed by atoms with Crippen LogP contribution in [0.5, 0.6) is 0 Å². The normalized spacial score (nSPS) is 10.3. The van der Waals surface area contributed by atoms with Gasteiger partial charge in [0.05, 0.1) is 5.56 Å². The Morgan fingerprint density at radius 3 is 2.80 bits per heavy atom. The lowest BCUT2D eigenvalue weighted by molar-refractivity contribution is 0.437. The Hall–Kier alpha value is -0.690. The maximum Gasteiger partial charge on any atom is 0.100 e. The lowest BCUT2D eigenvalue weighted by Crippen LogP contribution is -2.14. The standard InChI is InChI=1S/C11H13ClN2S/c1-14(2)5-6-15-11-7-10(12)4-3-9(11)8-13/h3-4,7H,5-6H2,1-2H3. The van der Waals surface area contributed by atoms with E-state index in [2.05, 4.69) is 11.0 Å². The molecular weight excluding hydrogens is 228 g/mol. The minimum atomic E-state index is 0.682. The summed E-state index contributed by atoms with van der Waals surface area (Å²) in [6.45, 7) is 0.988. The highest BCUT2D eigenvalue weighted by Crippen LogP contribution is 2.25. The molecule has 0 radical (unpaired) electrons. The number of rotatable bonds is 4. The van der Waals surface area contributed by atoms with Crippen LogP contribution < -0.4 is 0 Å². The predicted octanol–water partition coefficient (Wildman–Crippen LogP) is 2.87. The third kappa shape index (κ3) is 4.13. The summed E-state index contributed by atoms with van der Waals surface area (Å²) in [7, 11) is 4.06. The van der Waals surface area contributed by atoms with Crippen LogP contribution in [0.1, 0.15) is 5.56 Å². The molecule has 0 fully saturated rings. The Balaban J connectivity index is 2.67. The molecule has 0 aromatic heterocycles. The van der Waals surface area contributed by atoms with Crippen LogP contribution >= 0.6 is 23.4 Å². The van der Waals surface area contributed by atoms with Gasteiger partial charge in [0.1, 0.15) is 6.07 Å². The van der Waals surface area contributed by atoms with Crippen molar-refractivity contribution in [3.05, 3.63) is 28.8 Å². The Kier molecular flexibility index (Phi) is 4.97. The summed E-state index contributed by atoms with van der Waals surface area (Å²) < 4.78 is 0. The molecule has 0 bridgehead atoms. The van der Waals surface area contributed by atoms with Crippen LogP contribution in [0.3, 0.4) is 0 Å². The van der Waals surface area contributed by atoms with E-state index in [1.54, 1.807) is 23.9 Å². The topological polar surface area (TPSA) is 27.0 Å². The van der Waals surface area contributed by atoms with E-state index in [4.69, 9.17) is 16.9 Å². The summed E-state index contributed by atoms with van der Waals surface area (Å²) >= 11 is 7.55. The van der Waals surface area contributed by atoms with Crippen LogP contribution in [0.4, 0.5) is 0 Å². The van der Waals surface area contributed by atoms with Gasteiger partial charge in [0.2, 0.25) is 0 Å². The van der Waals surface area contributed by atoms with Crippen molar-refractivity contribution in [3.8, 4) is 6.07 Å². The SMILES string of the molecule is CN(C)CCSc1cc(Cl)ccc1C#N. The van der Waals surface area contributed by atoms with Crippen molar-refractivity contribution in [1.29, 1.82) is 5.26 Å². The number of halogens is 1. The van der Waals surface area contributed by atoms with Crippen molar-refractivity contribution < 1.29 is 0 Å². The van der Waals surface area contributed by atoms with Crippen molar-refractivity contribution in [2.75, 3.05) is 26.4 Å². The highest BCUT2D eigenvalue weighted by Gasteiger charge is 2.03. The predicted molar refractivity (Wildman–Crippen MR) is 65.4 cm³/mol. The minimum absolute atomic E-state index is 0.682. The van der Waals surface area contributed by atoms with E-state index in [0.29, 0.717) is 10.6 Å². The highest BCUT2D eigenvalue weighted by atomic mass is 35.5. The third-order valence-electron chi connectivity index (χ3n) is 1.86. The van der Waals surface area contributed by atoms with Gasteiger partial charge in [-0.1, -0.05) is 11.6 Å². The molecule has 0 saturated carbocycles. The van der Waals surface area contributed by atoms with Gasteiger partial charge >= 0.3 is 0 Å². The molecule has 0 spiro atoms. The van der Waals surface area contributed by atoms with Gasteiger partial charge in [0, 0.05) is 22.2 Å². The molecule has 1 rings (SSSR count). The van der Waals surface area contributed by atoms with Crippen LogP contribution in [0.2, 0.25) is 5.02 Å². The first kappa shape index (κ1) is 12.4. The maximum atomic E-state index is 8.90. The molecule has 0 aliphatic carbocycles. The van der Waals surface area contributed by atoms with Gasteiger partial charge in [0.15, 0.2) is 0 Å². The molecular formula is C11H13ClN2S. The highest BCUT2D eigenvalue weighted by molar-refractivity contribution is 7.99. The third-order valence-corrected chi connectivity index (χ3v) is 3.13. The van der Waals surface area contributed by atoms with Crippen LogP contribution in [-0.2, 0) is 0 Å². The molecule has 0 amide bonds. The summed E-state index contributed by atoms with van der Waals surface area (Å²) in [4.78, 5) is 3.08. The van der Waals surface area contributed by atoms with Gasteiger partial charge < -0.3 is 4.90 Å². The Bertz CT molecular complexity index is 371. The minimum Gasteiger partial charge on any atom is -0.309 e. The van der Waals surface area contributed by atoms with Crippen LogP contribution in [-0.4, -0.2) is 31.3 Å². The number of thioether (sulfide) groups is 1. The fourth-order valence-electron chi connectivity index (χ4n) is 1.05. The molecule has 0 unspecified atom stereocenters. The fraction of sp³-hybridized carbons (Fsp3) is 0.364. The zero-order valence-corrected chi connectivity index (χ0v) is 10.4. The summed E-state index contributed by atoms with van der Waals surface area (Å²) in [5.41, 5.74) is 0.697. The molecule has 0 aliphatic rings. The molecule has 4 heteroatoms. The van der Waals surface area contributed by atoms with E-state index < -0.39 is 0 Å². The molecule has 0 N–H and O–H groups in total. The summed E-state index contributed by atoms with van der Waals surface area (Å²) in [6.07, 6.45) is 0. The number of benzene rings is 1. The second kappa shape index (κ2) is 6.02. The van der Waals surface area contributed by atoms with Gasteiger partial charge in [-0.15, -0.1) is 11.8 Å². The van der Waals surface area contributed by atoms with Crippen LogP contribution in [0, 0.1) is 11.3 Å². The second-order valence-corrected chi connectivity index (χ2v) is 4.98. The first-order valence-corrected chi connectivity index (χ1v) is 5.97. The molecule has 0 aliphatic heterocycles. The maximum absolute atomic E-state index is 8.90. The number of hydrogen-bond donors (Lipinski definition) is 0. The second-order valence-electron chi connectivity index (χ2n) is 3.40. The molecule has 2 nitrogen and oxygen atoms in total. The van der Waals surface area contributed by atoms with Crippen LogP contribution in [0.25, 0.3) is 0 Å². The molecule has 0 saturated heterocycles. The van der Waals surface area contributed by atoms with E-state index in [-0.39, 0.29) is 0 Å². The molecule has 15 heavy (non-hydrogen) atoms. The molecule has 0 atom stereocenters. The number of hydrogen-bond acceptors (Lipinski definition) is 3. The smallest absolute Gasteiger partial charge is 0.100 e. The van der Waals surface area contributed by atoms with E-state index in [1.807, 2.05) is 20.2 Å². The van der Waals surface area contributed by atoms with E-state index >= 15 is 0 Å². The summed E-state index contributed by atoms with van der Waals surface area (Å²) in [5, 5.41) is 9.58. The quantitative estimate of drug-likeness (QED) is 0.758. The Morgan fingerprint density at radius 2 is 2.20 bits per heavy atom. The zero-order chi connectivity index (χ0) is 11.3. The van der Waals surface area contributed by atoms with E-state index in [0.717, 1.165) is 17.2 Å². The van der Waals surface area contributed by atoms with Gasteiger partial charge in [-0.05, 0) is 32.3 Å². The van der Waals surface area contributed by atoms with Crippen molar-refractivity contribution >= 4 is 23.4 Å². The zero-order valence-electron chi connectivity index (χ0n) is 8.83. The van der Waals surface area contributed by atoms with Gasteiger partial charge in [-0.25, -0.2) is 0 Å². The Labute approximate surface area is 99.8 Å². The first-order valence-electron chi connectivity index (χ1n) is 4.60. The molecule has 1 aromatic rings. The first-order chi connectivity index (χ1) is 7.13. The lowest BCUT2D eigenvalue weighted by Gasteiger charge is -2.09. The van der Waals surface area contributed by atoms with Gasteiger partial charge in [0.25, 0.3) is 0 Å². The average molecular weight is 241 g/mol. The summed E-state index contributed by atoms with van der Waals surface area (Å²) in [6, 6.07) is 7.53. The summed E-state index contributed by atoms with van der Waals surface area (Å²) in [5.74, 6) is 0.960. The van der Waals surface area contributed by atoms with Gasteiger partial charge in [-0.3, -0.25) is 0 Å². The molecule has 0 heterocycles. The molecule has 1 aromatic carbocycles. The van der Waals surface area contributed by atoms with Crippen LogP contribution in [0.15, 0.2) is 23.1 Å². The van der Waals surface area contributed by atoms with Crippen molar-refractivity contribution in [1.82, 2.24) is 4.90 Å². The lowest BCUT2D eigenvalue weighted by atomic mass is 10.2. The van der Waals surface area contributed by atoms with E-state index in [1.165, 1.54) is 0 Å². The Morgan fingerprint density at radius 1 is 1.47 bits per heavy atom. The van der Waals surface area contributed by atoms with Crippen molar-refractivity contribution in [2.24, 2.45) is 0 Å². The van der Waals surface area contributed by atoms with Gasteiger partial charge in [-0.2, -0.15) is 5.26 Å². The molecule has 80 valence electrons. The average Bonchev–Trinajstić information content (AvgIpc) is 2.17.